The van der Waals surface area contributed by atoms with E-state index in [1.807, 2.05) is 18.7 Å². The van der Waals surface area contributed by atoms with Crippen molar-refractivity contribution in [1.29, 1.82) is 0 Å². The largest absolute Gasteiger partial charge is 0.377 e. The van der Waals surface area contributed by atoms with E-state index in [9.17, 15) is 0 Å². The topological polar surface area (TPSA) is 30.5 Å². The van der Waals surface area contributed by atoms with Crippen molar-refractivity contribution in [3.8, 4) is 0 Å². The summed E-state index contributed by atoms with van der Waals surface area (Å²) in [5, 5.41) is 3.52. The highest BCUT2D eigenvalue weighted by molar-refractivity contribution is 7.98. The monoisotopic (exact) mass is 233 g/mol. The molecule has 0 aromatic heterocycles. The second kappa shape index (κ2) is 7.49. The molecule has 0 aliphatic heterocycles. The van der Waals surface area contributed by atoms with Gasteiger partial charge in [-0.05, 0) is 38.3 Å². The molecule has 3 unspecified atom stereocenters. The summed E-state index contributed by atoms with van der Waals surface area (Å²) in [5.74, 6) is 1.23. The highest BCUT2D eigenvalue weighted by Gasteiger charge is 2.41. The normalized spacial score (nSPS) is 30.2. The Morgan fingerprint density at radius 1 is 1.47 bits per heavy atom. The molecule has 15 heavy (non-hydrogen) atoms. The third-order valence-electron chi connectivity index (χ3n) is 2.83. The standard InChI is InChI=1S/C11H23NO2S/c1-4-14-10-8-9(11(10)13-2)12-6-5-7-15-3/h9-12H,4-8H2,1-3H3. The van der Waals surface area contributed by atoms with Crippen LogP contribution in [0.2, 0.25) is 0 Å². The second-order valence-electron chi connectivity index (χ2n) is 3.84. The number of methoxy groups -OCH3 is 1. The van der Waals surface area contributed by atoms with Crippen LogP contribution in [0.1, 0.15) is 19.8 Å². The predicted octanol–water partition coefficient (Wildman–Crippen LogP) is 1.52. The van der Waals surface area contributed by atoms with Crippen LogP contribution in [0.15, 0.2) is 0 Å². The summed E-state index contributed by atoms with van der Waals surface area (Å²) in [7, 11) is 1.77. The molecule has 1 fully saturated rings. The van der Waals surface area contributed by atoms with E-state index in [1.165, 1.54) is 12.2 Å². The molecule has 0 heterocycles. The Morgan fingerprint density at radius 2 is 2.27 bits per heavy atom. The van der Waals surface area contributed by atoms with E-state index in [2.05, 4.69) is 11.6 Å². The third kappa shape index (κ3) is 3.94. The van der Waals surface area contributed by atoms with Gasteiger partial charge in [0.15, 0.2) is 0 Å². The van der Waals surface area contributed by atoms with Crippen molar-refractivity contribution in [3.63, 3.8) is 0 Å². The summed E-state index contributed by atoms with van der Waals surface area (Å²) in [4.78, 5) is 0. The molecule has 0 spiro atoms. The molecule has 0 saturated heterocycles. The van der Waals surface area contributed by atoms with E-state index >= 15 is 0 Å². The van der Waals surface area contributed by atoms with Gasteiger partial charge in [-0.1, -0.05) is 0 Å². The molecule has 90 valence electrons. The molecule has 1 N–H and O–H groups in total. The summed E-state index contributed by atoms with van der Waals surface area (Å²) >= 11 is 1.90. The van der Waals surface area contributed by atoms with E-state index in [-0.39, 0.29) is 6.10 Å². The van der Waals surface area contributed by atoms with E-state index in [1.54, 1.807) is 7.11 Å². The first-order valence-electron chi connectivity index (χ1n) is 5.70. The van der Waals surface area contributed by atoms with E-state index < -0.39 is 0 Å². The lowest BCUT2D eigenvalue weighted by Crippen LogP contribution is -2.59. The molecule has 3 nitrogen and oxygen atoms in total. The summed E-state index contributed by atoms with van der Waals surface area (Å²) in [6, 6.07) is 0.494. The molecule has 1 aliphatic carbocycles. The average molecular weight is 233 g/mol. The molecule has 3 atom stereocenters. The first-order valence-corrected chi connectivity index (χ1v) is 7.09. The zero-order chi connectivity index (χ0) is 11.1. The maximum atomic E-state index is 5.57. The Labute approximate surface area is 97.3 Å². The highest BCUT2D eigenvalue weighted by atomic mass is 32.2. The second-order valence-corrected chi connectivity index (χ2v) is 4.82. The average Bonchev–Trinajstić information content (AvgIpc) is 2.21. The SMILES string of the molecule is CCOC1CC(NCCCSC)C1OC. The molecule has 0 bridgehead atoms. The fourth-order valence-corrected chi connectivity index (χ4v) is 2.41. The first-order chi connectivity index (χ1) is 7.33. The van der Waals surface area contributed by atoms with Crippen molar-refractivity contribution in [1.82, 2.24) is 5.32 Å². The Bertz CT molecular complexity index is 169. The van der Waals surface area contributed by atoms with Gasteiger partial charge in [0.25, 0.3) is 0 Å². The van der Waals surface area contributed by atoms with Gasteiger partial charge in [-0.25, -0.2) is 0 Å². The Kier molecular flexibility index (Phi) is 6.64. The van der Waals surface area contributed by atoms with Crippen LogP contribution < -0.4 is 5.32 Å². The summed E-state index contributed by atoms with van der Waals surface area (Å²) in [6.45, 7) is 3.90. The van der Waals surface area contributed by atoms with Crippen LogP contribution in [0.5, 0.6) is 0 Å². The van der Waals surface area contributed by atoms with Gasteiger partial charge in [0.1, 0.15) is 0 Å². The number of ether oxygens (including phenoxy) is 2. The minimum absolute atomic E-state index is 0.249. The highest BCUT2D eigenvalue weighted by Crippen LogP contribution is 2.26. The van der Waals surface area contributed by atoms with Crippen LogP contribution in [0, 0.1) is 0 Å². The van der Waals surface area contributed by atoms with E-state index in [4.69, 9.17) is 9.47 Å². The van der Waals surface area contributed by atoms with Crippen LogP contribution in [0.4, 0.5) is 0 Å². The molecular weight excluding hydrogens is 210 g/mol. The number of hydrogen-bond acceptors (Lipinski definition) is 4. The molecule has 0 radical (unpaired) electrons. The van der Waals surface area contributed by atoms with Crippen LogP contribution >= 0.6 is 11.8 Å². The fraction of sp³-hybridized carbons (Fsp3) is 1.00. The van der Waals surface area contributed by atoms with E-state index in [0.29, 0.717) is 12.1 Å². The van der Waals surface area contributed by atoms with Gasteiger partial charge in [0.05, 0.1) is 12.2 Å². The van der Waals surface area contributed by atoms with Crippen molar-refractivity contribution in [3.05, 3.63) is 0 Å². The Morgan fingerprint density at radius 3 is 2.87 bits per heavy atom. The molecule has 0 amide bonds. The van der Waals surface area contributed by atoms with Crippen LogP contribution in [0.25, 0.3) is 0 Å². The van der Waals surface area contributed by atoms with Gasteiger partial charge < -0.3 is 14.8 Å². The number of nitrogens with one attached hydrogen (secondary N) is 1. The zero-order valence-corrected chi connectivity index (χ0v) is 10.8. The minimum atomic E-state index is 0.249. The predicted molar refractivity (Wildman–Crippen MR) is 65.6 cm³/mol. The lowest BCUT2D eigenvalue weighted by molar-refractivity contribution is -0.131. The molecule has 4 heteroatoms. The molecule has 1 aliphatic rings. The molecule has 0 aromatic rings. The first kappa shape index (κ1) is 13.3. The lowest BCUT2D eigenvalue weighted by Gasteiger charge is -2.43. The van der Waals surface area contributed by atoms with Gasteiger partial charge in [-0.3, -0.25) is 0 Å². The van der Waals surface area contributed by atoms with Gasteiger partial charge in [-0.2, -0.15) is 11.8 Å². The van der Waals surface area contributed by atoms with Crippen molar-refractivity contribution in [2.45, 2.75) is 38.0 Å². The number of hydrogen-bond donors (Lipinski definition) is 1. The molecule has 1 saturated carbocycles. The summed E-state index contributed by atoms with van der Waals surface area (Å²) < 4.78 is 11.0. The Balaban J connectivity index is 2.10. The van der Waals surface area contributed by atoms with E-state index in [0.717, 1.165) is 19.6 Å². The fourth-order valence-electron chi connectivity index (χ4n) is 1.98. The zero-order valence-electron chi connectivity index (χ0n) is 9.99. The van der Waals surface area contributed by atoms with Gasteiger partial charge in [-0.15, -0.1) is 0 Å². The van der Waals surface area contributed by atoms with Gasteiger partial charge in [0, 0.05) is 19.8 Å². The third-order valence-corrected chi connectivity index (χ3v) is 3.53. The minimum Gasteiger partial charge on any atom is -0.377 e. The summed E-state index contributed by atoms with van der Waals surface area (Å²) in [6.07, 6.45) is 5.02. The van der Waals surface area contributed by atoms with Crippen LogP contribution in [-0.4, -0.2) is 50.5 Å². The molecule has 0 aromatic carbocycles. The van der Waals surface area contributed by atoms with Crippen molar-refractivity contribution in [2.75, 3.05) is 32.3 Å². The smallest absolute Gasteiger partial charge is 0.0986 e. The molecule has 1 rings (SSSR count). The number of thioether (sulfide) groups is 1. The quantitative estimate of drug-likeness (QED) is 0.644. The van der Waals surface area contributed by atoms with Gasteiger partial charge in [0.2, 0.25) is 0 Å². The van der Waals surface area contributed by atoms with Crippen LogP contribution in [0.3, 0.4) is 0 Å². The van der Waals surface area contributed by atoms with Crippen molar-refractivity contribution < 1.29 is 9.47 Å². The maximum absolute atomic E-state index is 5.57. The van der Waals surface area contributed by atoms with Gasteiger partial charge >= 0.3 is 0 Å². The van der Waals surface area contributed by atoms with Crippen molar-refractivity contribution in [2.24, 2.45) is 0 Å². The Hall–Kier alpha value is 0.230. The van der Waals surface area contributed by atoms with Crippen molar-refractivity contribution >= 4 is 11.8 Å². The molecular formula is C11H23NO2S. The lowest BCUT2D eigenvalue weighted by atomic mass is 9.85. The number of rotatable bonds is 8. The summed E-state index contributed by atoms with van der Waals surface area (Å²) in [5.41, 5.74) is 0. The van der Waals surface area contributed by atoms with Crippen LogP contribution in [-0.2, 0) is 9.47 Å². The maximum Gasteiger partial charge on any atom is 0.0986 e.